The van der Waals surface area contributed by atoms with Crippen molar-refractivity contribution in [1.29, 1.82) is 5.26 Å². The van der Waals surface area contributed by atoms with Gasteiger partial charge in [-0.05, 0) is 43.5 Å². The highest BCUT2D eigenvalue weighted by atomic mass is 16.5. The number of aromatic hydroxyl groups is 1. The maximum absolute atomic E-state index is 9.73. The molecule has 0 bridgehead atoms. The number of unbranched alkanes of at least 4 members (excludes halogenated alkanes) is 1. The van der Waals surface area contributed by atoms with E-state index in [1.54, 1.807) is 0 Å². The quantitative estimate of drug-likeness (QED) is 0.851. The van der Waals surface area contributed by atoms with E-state index in [2.05, 4.69) is 16.2 Å². The van der Waals surface area contributed by atoms with Crippen molar-refractivity contribution in [3.05, 3.63) is 29.2 Å². The zero-order valence-corrected chi connectivity index (χ0v) is 11.0. The van der Waals surface area contributed by atoms with Crippen LogP contribution in [0.15, 0.2) is 16.7 Å². The van der Waals surface area contributed by atoms with Crippen LogP contribution in [0.1, 0.15) is 29.9 Å². The molecule has 0 atom stereocenters. The Labute approximate surface area is 111 Å². The Bertz CT molecular complexity index is 603. The highest BCUT2D eigenvalue weighted by Gasteiger charge is 2.11. The number of hydrogen-bond acceptors (Lipinski definition) is 5. The van der Waals surface area contributed by atoms with E-state index in [0.717, 1.165) is 16.7 Å². The minimum Gasteiger partial charge on any atom is -0.507 e. The Morgan fingerprint density at radius 3 is 2.63 bits per heavy atom. The van der Waals surface area contributed by atoms with Crippen molar-refractivity contribution in [3.8, 4) is 23.2 Å². The van der Waals surface area contributed by atoms with E-state index in [9.17, 15) is 5.11 Å². The summed E-state index contributed by atoms with van der Waals surface area (Å²) in [6, 6.07) is 5.73. The fourth-order valence-corrected chi connectivity index (χ4v) is 1.88. The molecular weight excluding hydrogens is 242 g/mol. The molecule has 19 heavy (non-hydrogen) atoms. The monoisotopic (exact) mass is 257 g/mol. The van der Waals surface area contributed by atoms with Crippen LogP contribution in [-0.2, 0) is 6.42 Å². The summed E-state index contributed by atoms with van der Waals surface area (Å²) in [5.41, 5.74) is 2.39. The lowest BCUT2D eigenvalue weighted by atomic mass is 10.1. The number of rotatable bonds is 4. The third-order valence-electron chi connectivity index (χ3n) is 2.90. The molecule has 0 spiro atoms. The molecule has 0 aliphatic rings. The first-order valence-electron chi connectivity index (χ1n) is 6.12. The molecule has 1 N–H and O–H groups in total. The molecule has 98 valence electrons. The van der Waals surface area contributed by atoms with Crippen molar-refractivity contribution >= 4 is 0 Å². The Kier molecular flexibility index (Phi) is 3.81. The topological polar surface area (TPSA) is 82.9 Å². The smallest absolute Gasteiger partial charge is 0.226 e. The standard InChI is InChI=1S/C14H15N3O2/c1-9-7-11(8-10(2)13(9)18)14-16-12(19-17-14)5-3-4-6-15/h7-8,18H,3-5H2,1-2H3. The molecule has 2 rings (SSSR count). The molecule has 1 aromatic heterocycles. The maximum atomic E-state index is 9.73. The van der Waals surface area contributed by atoms with Gasteiger partial charge in [-0.3, -0.25) is 0 Å². The number of phenolic OH excluding ortho intramolecular Hbond substituents is 1. The van der Waals surface area contributed by atoms with Crippen LogP contribution in [0.25, 0.3) is 11.4 Å². The molecule has 2 aromatic rings. The molecule has 0 amide bonds. The number of nitriles is 1. The van der Waals surface area contributed by atoms with Crippen LogP contribution in [0.5, 0.6) is 5.75 Å². The van der Waals surface area contributed by atoms with Crippen molar-refractivity contribution in [3.63, 3.8) is 0 Å². The molecule has 0 saturated heterocycles. The Morgan fingerprint density at radius 1 is 1.32 bits per heavy atom. The lowest BCUT2D eigenvalue weighted by molar-refractivity contribution is 0.376. The first-order chi connectivity index (χ1) is 9.11. The summed E-state index contributed by atoms with van der Waals surface area (Å²) in [5.74, 6) is 1.34. The lowest BCUT2D eigenvalue weighted by Crippen LogP contribution is -1.88. The first-order valence-corrected chi connectivity index (χ1v) is 6.12. The van der Waals surface area contributed by atoms with Crippen LogP contribution < -0.4 is 0 Å². The summed E-state index contributed by atoms with van der Waals surface area (Å²) < 4.78 is 5.14. The van der Waals surface area contributed by atoms with Gasteiger partial charge in [0, 0.05) is 18.4 Å². The van der Waals surface area contributed by atoms with Gasteiger partial charge in [-0.15, -0.1) is 0 Å². The van der Waals surface area contributed by atoms with Crippen LogP contribution in [0.4, 0.5) is 0 Å². The normalized spacial score (nSPS) is 10.4. The predicted molar refractivity (Wildman–Crippen MR) is 69.4 cm³/mol. The molecule has 1 heterocycles. The van der Waals surface area contributed by atoms with Gasteiger partial charge < -0.3 is 9.63 Å². The molecule has 0 aliphatic heterocycles. The highest BCUT2D eigenvalue weighted by molar-refractivity contribution is 5.60. The average Bonchev–Trinajstić information content (AvgIpc) is 2.84. The third kappa shape index (κ3) is 2.91. The second-order valence-corrected chi connectivity index (χ2v) is 4.48. The van der Waals surface area contributed by atoms with Crippen LogP contribution in [0.3, 0.4) is 0 Å². The van der Waals surface area contributed by atoms with Crippen molar-refractivity contribution in [2.45, 2.75) is 33.1 Å². The summed E-state index contributed by atoms with van der Waals surface area (Å²) in [6.45, 7) is 3.67. The zero-order chi connectivity index (χ0) is 13.8. The van der Waals surface area contributed by atoms with Crippen molar-refractivity contribution in [1.82, 2.24) is 10.1 Å². The number of aryl methyl sites for hydroxylation is 3. The SMILES string of the molecule is Cc1cc(-c2noc(CCCC#N)n2)cc(C)c1O. The Morgan fingerprint density at radius 2 is 2.00 bits per heavy atom. The van der Waals surface area contributed by atoms with Gasteiger partial charge >= 0.3 is 0 Å². The van der Waals surface area contributed by atoms with E-state index in [-0.39, 0.29) is 0 Å². The van der Waals surface area contributed by atoms with Gasteiger partial charge in [0.05, 0.1) is 6.07 Å². The van der Waals surface area contributed by atoms with Gasteiger partial charge in [0.25, 0.3) is 0 Å². The summed E-state index contributed by atoms with van der Waals surface area (Å²) in [6.07, 6.45) is 1.80. The summed E-state index contributed by atoms with van der Waals surface area (Å²) in [5, 5.41) is 22.1. The molecule has 0 radical (unpaired) electrons. The molecule has 0 aliphatic carbocycles. The van der Waals surface area contributed by atoms with Crippen LogP contribution in [0, 0.1) is 25.2 Å². The fourth-order valence-electron chi connectivity index (χ4n) is 1.88. The minimum atomic E-state index is 0.293. The average molecular weight is 257 g/mol. The molecule has 0 saturated carbocycles. The van der Waals surface area contributed by atoms with E-state index >= 15 is 0 Å². The number of nitrogens with zero attached hydrogens (tertiary/aromatic N) is 3. The Hall–Kier alpha value is -2.35. The van der Waals surface area contributed by atoms with Gasteiger partial charge in [-0.1, -0.05) is 5.16 Å². The summed E-state index contributed by atoms with van der Waals surface area (Å²) in [7, 11) is 0. The molecule has 0 unspecified atom stereocenters. The minimum absolute atomic E-state index is 0.293. The van der Waals surface area contributed by atoms with E-state index in [4.69, 9.17) is 9.78 Å². The Balaban J connectivity index is 2.21. The van der Waals surface area contributed by atoms with Gasteiger partial charge in [0.2, 0.25) is 11.7 Å². The summed E-state index contributed by atoms with van der Waals surface area (Å²) in [4.78, 5) is 4.30. The number of benzene rings is 1. The number of aromatic nitrogens is 2. The maximum Gasteiger partial charge on any atom is 0.226 e. The number of phenols is 1. The second kappa shape index (κ2) is 5.53. The van der Waals surface area contributed by atoms with Gasteiger partial charge in [0.1, 0.15) is 5.75 Å². The van der Waals surface area contributed by atoms with Crippen LogP contribution in [0.2, 0.25) is 0 Å². The van der Waals surface area contributed by atoms with Gasteiger partial charge in [-0.2, -0.15) is 10.2 Å². The highest BCUT2D eigenvalue weighted by Crippen LogP contribution is 2.27. The molecule has 5 heteroatoms. The second-order valence-electron chi connectivity index (χ2n) is 4.48. The molecule has 0 fully saturated rings. The van der Waals surface area contributed by atoms with Crippen molar-refractivity contribution < 1.29 is 9.63 Å². The van der Waals surface area contributed by atoms with E-state index in [1.807, 2.05) is 26.0 Å². The van der Waals surface area contributed by atoms with E-state index in [0.29, 0.717) is 36.7 Å². The van der Waals surface area contributed by atoms with Crippen molar-refractivity contribution in [2.75, 3.05) is 0 Å². The van der Waals surface area contributed by atoms with Crippen molar-refractivity contribution in [2.24, 2.45) is 0 Å². The van der Waals surface area contributed by atoms with Gasteiger partial charge in [-0.25, -0.2) is 0 Å². The fraction of sp³-hybridized carbons (Fsp3) is 0.357. The van der Waals surface area contributed by atoms with E-state index in [1.165, 1.54) is 0 Å². The van der Waals surface area contributed by atoms with E-state index < -0.39 is 0 Å². The zero-order valence-electron chi connectivity index (χ0n) is 11.0. The lowest BCUT2D eigenvalue weighted by Gasteiger charge is -2.04. The summed E-state index contributed by atoms with van der Waals surface area (Å²) >= 11 is 0. The number of hydrogen-bond donors (Lipinski definition) is 1. The first kappa shape index (κ1) is 13.1. The molecule has 5 nitrogen and oxygen atoms in total. The predicted octanol–water partition coefficient (Wildman–Crippen LogP) is 2.91. The third-order valence-corrected chi connectivity index (χ3v) is 2.90. The molecule has 1 aromatic carbocycles. The van der Waals surface area contributed by atoms with Crippen LogP contribution in [-0.4, -0.2) is 15.2 Å². The molecular formula is C14H15N3O2. The van der Waals surface area contributed by atoms with Crippen LogP contribution >= 0.6 is 0 Å². The largest absolute Gasteiger partial charge is 0.507 e. The van der Waals surface area contributed by atoms with Gasteiger partial charge in [0.15, 0.2) is 0 Å².